The predicted octanol–water partition coefficient (Wildman–Crippen LogP) is 6.03. The first kappa shape index (κ1) is 27.1. The summed E-state index contributed by atoms with van der Waals surface area (Å²) in [7, 11) is 0. The van der Waals surface area contributed by atoms with E-state index in [4.69, 9.17) is 17.3 Å². The second-order valence-electron chi connectivity index (χ2n) is 9.35. The van der Waals surface area contributed by atoms with Crippen LogP contribution in [0.5, 0.6) is 0 Å². The maximum atomic E-state index is 13.6. The first-order valence-electron chi connectivity index (χ1n) is 12.7. The Kier molecular flexibility index (Phi) is 9.30. The molecule has 4 aromatic rings. The molecule has 4 rings (SSSR count). The van der Waals surface area contributed by atoms with Crippen LogP contribution in [-0.4, -0.2) is 29.8 Å². The van der Waals surface area contributed by atoms with Gasteiger partial charge in [0.25, 0.3) is 5.91 Å². The molecule has 0 bridgehead atoms. The number of hydrogen-bond acceptors (Lipinski definition) is 3. The van der Waals surface area contributed by atoms with Gasteiger partial charge in [-0.3, -0.25) is 9.59 Å². The highest BCUT2D eigenvalue weighted by atomic mass is 35.5. The molecule has 6 heteroatoms. The van der Waals surface area contributed by atoms with Crippen LogP contribution in [0, 0.1) is 0 Å². The highest BCUT2D eigenvalue weighted by Crippen LogP contribution is 2.28. The Labute approximate surface area is 229 Å². The lowest BCUT2D eigenvalue weighted by molar-refractivity contribution is -0.122. The zero-order valence-electron chi connectivity index (χ0n) is 21.4. The molecule has 194 valence electrons. The zero-order chi connectivity index (χ0) is 26.9. The number of rotatable bonds is 10. The largest absolute Gasteiger partial charge is 0.350 e. The molecule has 5 nitrogen and oxygen atoms in total. The molecule has 0 heterocycles. The van der Waals surface area contributed by atoms with Crippen molar-refractivity contribution in [1.29, 1.82) is 0 Å². The second kappa shape index (κ2) is 13.0. The third kappa shape index (κ3) is 7.09. The van der Waals surface area contributed by atoms with Crippen molar-refractivity contribution < 1.29 is 9.59 Å². The molecule has 0 aliphatic heterocycles. The molecule has 38 heavy (non-hydrogen) atoms. The van der Waals surface area contributed by atoms with Gasteiger partial charge in [0.15, 0.2) is 0 Å². The van der Waals surface area contributed by atoms with E-state index in [2.05, 4.69) is 12.2 Å². The molecule has 2 amide bonds. The summed E-state index contributed by atoms with van der Waals surface area (Å²) in [6.45, 7) is 3.29. The molecule has 0 saturated carbocycles. The van der Waals surface area contributed by atoms with Gasteiger partial charge in [0.2, 0.25) is 5.91 Å². The Hall–Kier alpha value is -3.93. The maximum absolute atomic E-state index is 13.6. The summed E-state index contributed by atoms with van der Waals surface area (Å²) in [6.07, 6.45) is 0. The predicted molar refractivity (Wildman–Crippen MR) is 154 cm³/mol. The lowest BCUT2D eigenvalue weighted by Crippen LogP contribution is -2.42. The molecule has 1 atom stereocenters. The van der Waals surface area contributed by atoms with E-state index in [1.807, 2.05) is 91.0 Å². The van der Waals surface area contributed by atoms with E-state index in [9.17, 15) is 9.59 Å². The van der Waals surface area contributed by atoms with Gasteiger partial charge in [-0.1, -0.05) is 103 Å². The number of nitrogens with zero attached hydrogens (tertiary/aromatic N) is 1. The topological polar surface area (TPSA) is 75.4 Å². The Morgan fingerprint density at radius 2 is 1.47 bits per heavy atom. The minimum Gasteiger partial charge on any atom is -0.350 e. The van der Waals surface area contributed by atoms with Crippen LogP contribution in [-0.2, 0) is 17.9 Å². The Bertz CT molecular complexity index is 1360. The van der Waals surface area contributed by atoms with Crippen LogP contribution in [0.3, 0.4) is 0 Å². The molecule has 3 N–H and O–H groups in total. The van der Waals surface area contributed by atoms with Crippen LogP contribution in [0.1, 0.15) is 39.9 Å². The van der Waals surface area contributed by atoms with Crippen molar-refractivity contribution in [2.45, 2.75) is 25.9 Å². The smallest absolute Gasteiger partial charge is 0.254 e. The summed E-state index contributed by atoms with van der Waals surface area (Å²) in [5.41, 5.74) is 11.1. The highest BCUT2D eigenvalue weighted by Gasteiger charge is 2.22. The molecule has 0 aromatic heterocycles. The van der Waals surface area contributed by atoms with Crippen molar-refractivity contribution >= 4 is 23.4 Å². The molecular formula is C32H32ClN3O2. The third-order valence-electron chi connectivity index (χ3n) is 6.55. The molecule has 0 saturated heterocycles. The van der Waals surface area contributed by atoms with Gasteiger partial charge >= 0.3 is 0 Å². The molecular weight excluding hydrogens is 494 g/mol. The summed E-state index contributed by atoms with van der Waals surface area (Å²) in [4.78, 5) is 28.2. The molecule has 0 unspecified atom stereocenters. The molecule has 0 spiro atoms. The Morgan fingerprint density at radius 1 is 0.842 bits per heavy atom. The molecule has 0 aliphatic rings. The number of amides is 2. The number of hydrogen-bond donors (Lipinski definition) is 2. The average molecular weight is 526 g/mol. The maximum Gasteiger partial charge on any atom is 0.254 e. The van der Waals surface area contributed by atoms with Gasteiger partial charge in [-0.25, -0.2) is 0 Å². The number of halogens is 1. The van der Waals surface area contributed by atoms with E-state index in [1.54, 1.807) is 17.0 Å². The Balaban J connectivity index is 1.49. The molecule has 4 aromatic carbocycles. The number of nitrogens with one attached hydrogen (secondary N) is 1. The van der Waals surface area contributed by atoms with Crippen molar-refractivity contribution in [1.82, 2.24) is 10.2 Å². The van der Waals surface area contributed by atoms with Gasteiger partial charge in [-0.15, -0.1) is 0 Å². The van der Waals surface area contributed by atoms with E-state index in [0.29, 0.717) is 30.2 Å². The normalized spacial score (nSPS) is 11.6. The van der Waals surface area contributed by atoms with Crippen LogP contribution in [0.4, 0.5) is 0 Å². The summed E-state index contributed by atoms with van der Waals surface area (Å²) < 4.78 is 0. The third-order valence-corrected chi connectivity index (χ3v) is 6.88. The van der Waals surface area contributed by atoms with E-state index in [1.165, 1.54) is 0 Å². The Morgan fingerprint density at radius 3 is 2.13 bits per heavy atom. The second-order valence-corrected chi connectivity index (χ2v) is 9.76. The van der Waals surface area contributed by atoms with Gasteiger partial charge in [-0.05, 0) is 46.4 Å². The number of carbonyl (C=O) groups excluding carboxylic acids is 2. The van der Waals surface area contributed by atoms with Crippen LogP contribution >= 0.6 is 11.6 Å². The van der Waals surface area contributed by atoms with Gasteiger partial charge in [0.05, 0.1) is 6.54 Å². The van der Waals surface area contributed by atoms with Crippen molar-refractivity contribution in [2.24, 2.45) is 5.73 Å². The van der Waals surface area contributed by atoms with Gasteiger partial charge < -0.3 is 16.0 Å². The van der Waals surface area contributed by atoms with Gasteiger partial charge in [-0.2, -0.15) is 0 Å². The van der Waals surface area contributed by atoms with Crippen LogP contribution < -0.4 is 11.1 Å². The highest BCUT2D eigenvalue weighted by molar-refractivity contribution is 6.33. The monoisotopic (exact) mass is 525 g/mol. The van der Waals surface area contributed by atoms with E-state index in [-0.39, 0.29) is 24.3 Å². The molecule has 0 fully saturated rings. The van der Waals surface area contributed by atoms with Gasteiger partial charge in [0, 0.05) is 35.8 Å². The minimum atomic E-state index is -0.214. The average Bonchev–Trinajstić information content (AvgIpc) is 2.96. The summed E-state index contributed by atoms with van der Waals surface area (Å²) in [5.74, 6) is -0.353. The molecule has 0 radical (unpaired) electrons. The van der Waals surface area contributed by atoms with Crippen LogP contribution in [0.15, 0.2) is 103 Å². The summed E-state index contributed by atoms with van der Waals surface area (Å²) in [6, 6.07) is 32.8. The van der Waals surface area contributed by atoms with E-state index < -0.39 is 0 Å². The van der Waals surface area contributed by atoms with E-state index in [0.717, 1.165) is 27.8 Å². The lowest BCUT2D eigenvalue weighted by Gasteiger charge is -2.26. The summed E-state index contributed by atoms with van der Waals surface area (Å²) in [5, 5.41) is 3.60. The molecule has 0 aliphatic carbocycles. The fraction of sp³-hybridized carbons (Fsp3) is 0.188. The number of benzene rings is 4. The van der Waals surface area contributed by atoms with Crippen LogP contribution in [0.2, 0.25) is 5.02 Å². The minimum absolute atomic E-state index is 0.0385. The van der Waals surface area contributed by atoms with Crippen molar-refractivity contribution in [3.63, 3.8) is 0 Å². The van der Waals surface area contributed by atoms with Crippen molar-refractivity contribution in [2.75, 3.05) is 13.1 Å². The number of nitrogens with two attached hydrogens (primary N) is 1. The fourth-order valence-electron chi connectivity index (χ4n) is 4.33. The van der Waals surface area contributed by atoms with Crippen LogP contribution in [0.25, 0.3) is 11.1 Å². The zero-order valence-corrected chi connectivity index (χ0v) is 22.2. The standard InChI is InChI=1S/C32H32ClN3O2/c1-23(26-7-3-2-4-8-26)21-36(22-31(37)35-20-25-13-11-24(19-34)12-14-25)32(38)28-17-15-27(16-18-28)29-9-5-6-10-30(29)33/h2-18,23H,19-22,34H2,1H3,(H,35,37)/t23-/m1/s1. The summed E-state index contributed by atoms with van der Waals surface area (Å²) >= 11 is 6.35. The van der Waals surface area contributed by atoms with Gasteiger partial charge in [0.1, 0.15) is 0 Å². The quantitative estimate of drug-likeness (QED) is 0.265. The van der Waals surface area contributed by atoms with Crippen molar-refractivity contribution in [3.05, 3.63) is 130 Å². The SMILES string of the molecule is C[C@H](CN(CC(=O)NCc1ccc(CN)cc1)C(=O)c1ccc(-c2ccccc2Cl)cc1)c1ccccc1. The first-order valence-corrected chi connectivity index (χ1v) is 13.1. The fourth-order valence-corrected chi connectivity index (χ4v) is 4.58. The lowest BCUT2D eigenvalue weighted by atomic mass is 10.00. The van der Waals surface area contributed by atoms with E-state index >= 15 is 0 Å². The number of carbonyl (C=O) groups is 2. The van der Waals surface area contributed by atoms with Crippen molar-refractivity contribution in [3.8, 4) is 11.1 Å². The first-order chi connectivity index (χ1) is 18.4.